The molecule has 0 unspecified atom stereocenters. The summed E-state index contributed by atoms with van der Waals surface area (Å²) >= 11 is 0. The molecule has 1 heterocycles. The Balaban J connectivity index is 2.15. The van der Waals surface area contributed by atoms with E-state index < -0.39 is 10.5 Å². The summed E-state index contributed by atoms with van der Waals surface area (Å²) in [6.07, 6.45) is 1.35. The van der Waals surface area contributed by atoms with Crippen LogP contribution >= 0.6 is 0 Å². The monoisotopic (exact) mass is 303 g/mol. The average molecular weight is 303 g/mol. The Hall–Kier alpha value is -2.67. The number of nitrogens with zero attached hydrogens (tertiary/aromatic N) is 1. The fourth-order valence-corrected chi connectivity index (χ4v) is 2.03. The highest BCUT2D eigenvalue weighted by atomic mass is 16.6. The van der Waals surface area contributed by atoms with Gasteiger partial charge in [0.05, 0.1) is 22.6 Å². The van der Waals surface area contributed by atoms with Crippen molar-refractivity contribution in [3.63, 3.8) is 0 Å². The molecule has 0 spiro atoms. The SMILES string of the molecule is CC(C)(NC(=O)c1coc(CN)c1)c1ccc([N+](=O)[O-])cc1. The molecule has 1 aromatic carbocycles. The second kappa shape index (κ2) is 5.98. The number of benzene rings is 1. The van der Waals surface area contributed by atoms with Crippen molar-refractivity contribution in [3.05, 3.63) is 63.6 Å². The second-order valence-corrected chi connectivity index (χ2v) is 5.39. The van der Waals surface area contributed by atoms with Crippen LogP contribution in [0.3, 0.4) is 0 Å². The number of amides is 1. The molecule has 0 atom stereocenters. The highest BCUT2D eigenvalue weighted by molar-refractivity contribution is 5.94. The third-order valence-electron chi connectivity index (χ3n) is 3.34. The number of non-ortho nitro benzene ring substituents is 1. The number of hydrogen-bond acceptors (Lipinski definition) is 5. The lowest BCUT2D eigenvalue weighted by molar-refractivity contribution is -0.384. The average Bonchev–Trinajstić information content (AvgIpc) is 2.96. The second-order valence-electron chi connectivity index (χ2n) is 5.39. The summed E-state index contributed by atoms with van der Waals surface area (Å²) in [5, 5.41) is 13.5. The third kappa shape index (κ3) is 3.32. The van der Waals surface area contributed by atoms with Gasteiger partial charge in [-0.3, -0.25) is 14.9 Å². The van der Waals surface area contributed by atoms with Crippen molar-refractivity contribution >= 4 is 11.6 Å². The van der Waals surface area contributed by atoms with E-state index in [-0.39, 0.29) is 18.1 Å². The van der Waals surface area contributed by atoms with Crippen molar-refractivity contribution in [1.82, 2.24) is 5.32 Å². The molecule has 7 nitrogen and oxygen atoms in total. The van der Waals surface area contributed by atoms with Crippen molar-refractivity contribution in [1.29, 1.82) is 0 Å². The molecule has 2 rings (SSSR count). The van der Waals surface area contributed by atoms with Gasteiger partial charge < -0.3 is 15.5 Å². The maximum absolute atomic E-state index is 12.2. The quantitative estimate of drug-likeness (QED) is 0.650. The van der Waals surface area contributed by atoms with Crippen molar-refractivity contribution in [2.24, 2.45) is 5.73 Å². The standard InChI is InChI=1S/C15H17N3O4/c1-15(2,11-3-5-12(6-4-11)18(20)21)17-14(19)10-7-13(8-16)22-9-10/h3-7,9H,8,16H2,1-2H3,(H,17,19). The van der Waals surface area contributed by atoms with Crippen LogP contribution in [0.5, 0.6) is 0 Å². The van der Waals surface area contributed by atoms with Gasteiger partial charge in [-0.05, 0) is 37.6 Å². The van der Waals surface area contributed by atoms with Crippen LogP contribution in [0.4, 0.5) is 5.69 Å². The number of nitrogens with one attached hydrogen (secondary N) is 1. The predicted octanol–water partition coefficient (Wildman–Crippen LogP) is 2.31. The van der Waals surface area contributed by atoms with Crippen LogP contribution in [0.25, 0.3) is 0 Å². The zero-order chi connectivity index (χ0) is 16.3. The van der Waals surface area contributed by atoms with Crippen LogP contribution in [0.15, 0.2) is 41.0 Å². The lowest BCUT2D eigenvalue weighted by atomic mass is 9.93. The summed E-state index contributed by atoms with van der Waals surface area (Å²) in [5.74, 6) is 0.227. The summed E-state index contributed by atoms with van der Waals surface area (Å²) in [6, 6.07) is 7.65. The molecule has 0 bridgehead atoms. The van der Waals surface area contributed by atoms with Gasteiger partial charge in [0.1, 0.15) is 12.0 Å². The molecule has 1 amide bonds. The maximum Gasteiger partial charge on any atom is 0.269 e. The topological polar surface area (TPSA) is 111 Å². The zero-order valence-electron chi connectivity index (χ0n) is 12.3. The van der Waals surface area contributed by atoms with Gasteiger partial charge in [-0.2, -0.15) is 0 Å². The van der Waals surface area contributed by atoms with E-state index in [0.29, 0.717) is 11.3 Å². The number of furan rings is 1. The van der Waals surface area contributed by atoms with E-state index in [1.54, 1.807) is 18.2 Å². The van der Waals surface area contributed by atoms with Gasteiger partial charge in [-0.1, -0.05) is 0 Å². The van der Waals surface area contributed by atoms with E-state index in [9.17, 15) is 14.9 Å². The van der Waals surface area contributed by atoms with Crippen LogP contribution in [-0.4, -0.2) is 10.8 Å². The molecule has 22 heavy (non-hydrogen) atoms. The smallest absolute Gasteiger partial charge is 0.269 e. The minimum absolute atomic E-state index is 0.00768. The normalized spacial score (nSPS) is 11.2. The molecule has 0 saturated heterocycles. The van der Waals surface area contributed by atoms with Gasteiger partial charge in [0.15, 0.2) is 0 Å². The van der Waals surface area contributed by atoms with Gasteiger partial charge in [-0.15, -0.1) is 0 Å². The van der Waals surface area contributed by atoms with Crippen LogP contribution < -0.4 is 11.1 Å². The minimum Gasteiger partial charge on any atom is -0.467 e. The lowest BCUT2D eigenvalue weighted by Gasteiger charge is -2.26. The molecular formula is C15H17N3O4. The predicted molar refractivity (Wildman–Crippen MR) is 80.2 cm³/mol. The van der Waals surface area contributed by atoms with E-state index in [2.05, 4.69) is 5.32 Å². The summed E-state index contributed by atoms with van der Waals surface area (Å²) in [7, 11) is 0. The molecule has 0 fully saturated rings. The van der Waals surface area contributed by atoms with Crippen molar-refractivity contribution in [3.8, 4) is 0 Å². The molecule has 7 heteroatoms. The van der Waals surface area contributed by atoms with Gasteiger partial charge in [0.25, 0.3) is 11.6 Å². The Bertz CT molecular complexity index is 689. The number of nitro benzene ring substituents is 1. The number of nitro groups is 1. The first kappa shape index (κ1) is 15.7. The molecular weight excluding hydrogens is 286 g/mol. The minimum atomic E-state index is -0.688. The largest absolute Gasteiger partial charge is 0.467 e. The molecule has 0 aliphatic heterocycles. The molecule has 0 aliphatic carbocycles. The summed E-state index contributed by atoms with van der Waals surface area (Å²) in [4.78, 5) is 22.4. The van der Waals surface area contributed by atoms with Gasteiger partial charge in [0, 0.05) is 12.1 Å². The Kier molecular flexibility index (Phi) is 4.27. The molecule has 1 aromatic heterocycles. The highest BCUT2D eigenvalue weighted by Gasteiger charge is 2.25. The first-order chi connectivity index (χ1) is 10.3. The third-order valence-corrected chi connectivity index (χ3v) is 3.34. The summed E-state index contributed by atoms with van der Waals surface area (Å²) < 4.78 is 5.14. The van der Waals surface area contributed by atoms with Crippen LogP contribution in [0.2, 0.25) is 0 Å². The first-order valence-electron chi connectivity index (χ1n) is 6.68. The van der Waals surface area contributed by atoms with Crippen LogP contribution in [-0.2, 0) is 12.1 Å². The number of carbonyl (C=O) groups excluding carboxylic acids is 1. The van der Waals surface area contributed by atoms with Gasteiger partial charge in [0.2, 0.25) is 0 Å². The molecule has 116 valence electrons. The van der Waals surface area contributed by atoms with Crippen molar-refractivity contribution in [2.45, 2.75) is 25.9 Å². The number of carbonyl (C=O) groups is 1. The van der Waals surface area contributed by atoms with E-state index in [0.717, 1.165) is 5.56 Å². The van der Waals surface area contributed by atoms with E-state index in [4.69, 9.17) is 10.2 Å². The Morgan fingerprint density at radius 2 is 2.00 bits per heavy atom. The fraction of sp³-hybridized carbons (Fsp3) is 0.267. The number of rotatable bonds is 5. The molecule has 3 N–H and O–H groups in total. The summed E-state index contributed by atoms with van der Waals surface area (Å²) in [6.45, 7) is 3.85. The molecule has 2 aromatic rings. The first-order valence-corrected chi connectivity index (χ1v) is 6.68. The zero-order valence-corrected chi connectivity index (χ0v) is 12.3. The van der Waals surface area contributed by atoms with Crippen molar-refractivity contribution < 1.29 is 14.1 Å². The molecule has 0 saturated carbocycles. The Morgan fingerprint density at radius 3 is 2.50 bits per heavy atom. The Morgan fingerprint density at radius 1 is 1.36 bits per heavy atom. The van der Waals surface area contributed by atoms with Crippen LogP contribution in [0, 0.1) is 10.1 Å². The lowest BCUT2D eigenvalue weighted by Crippen LogP contribution is -2.40. The van der Waals surface area contributed by atoms with Gasteiger partial charge >= 0.3 is 0 Å². The highest BCUT2D eigenvalue weighted by Crippen LogP contribution is 2.23. The summed E-state index contributed by atoms with van der Waals surface area (Å²) in [5.41, 5.74) is 5.90. The maximum atomic E-state index is 12.2. The van der Waals surface area contributed by atoms with Crippen LogP contribution in [0.1, 0.15) is 35.5 Å². The number of hydrogen-bond donors (Lipinski definition) is 2. The Labute approximate surface area is 127 Å². The molecule has 0 aliphatic rings. The fourth-order valence-electron chi connectivity index (χ4n) is 2.03. The number of nitrogens with two attached hydrogens (primary N) is 1. The van der Waals surface area contributed by atoms with E-state index in [1.165, 1.54) is 18.4 Å². The van der Waals surface area contributed by atoms with E-state index in [1.807, 2.05) is 13.8 Å². The van der Waals surface area contributed by atoms with Crippen molar-refractivity contribution in [2.75, 3.05) is 0 Å². The van der Waals surface area contributed by atoms with E-state index >= 15 is 0 Å². The molecule has 0 radical (unpaired) electrons. The van der Waals surface area contributed by atoms with Gasteiger partial charge in [-0.25, -0.2) is 0 Å².